The zero-order valence-corrected chi connectivity index (χ0v) is 17.8. The first-order chi connectivity index (χ1) is 13.1. The summed E-state index contributed by atoms with van der Waals surface area (Å²) < 4.78 is 13.5. The molecule has 6 heteroatoms. The largest absolute Gasteiger partial charge is 0.352 e. The number of carbonyl (C=O) groups is 2. The summed E-state index contributed by atoms with van der Waals surface area (Å²) in [4.78, 5) is 28.7. The van der Waals surface area contributed by atoms with E-state index in [1.807, 2.05) is 32.7 Å². The molecule has 1 fully saturated rings. The molecule has 1 heterocycles. The minimum Gasteiger partial charge on any atom is -0.352 e. The van der Waals surface area contributed by atoms with Crippen LogP contribution in [-0.4, -0.2) is 61.4 Å². The van der Waals surface area contributed by atoms with Gasteiger partial charge < -0.3 is 15.1 Å². The highest BCUT2D eigenvalue weighted by Crippen LogP contribution is 2.18. The SMILES string of the molecule is Cc1cc(F)cc(C(=O)NCC2CCN(CCN(C)C(=O)C(C)(C)C)CC2)c1. The molecule has 0 atom stereocenters. The number of rotatable bonds is 6. The Kier molecular flexibility index (Phi) is 7.58. The standard InChI is InChI=1S/C22H34FN3O2/c1-16-12-18(14-19(23)13-16)20(27)24-15-17-6-8-26(9-7-17)11-10-25(5)21(28)22(2,3)4/h12-14,17H,6-11,15H2,1-5H3,(H,24,27). The molecule has 0 unspecified atom stereocenters. The lowest BCUT2D eigenvalue weighted by molar-refractivity contribution is -0.138. The molecule has 1 aromatic carbocycles. The smallest absolute Gasteiger partial charge is 0.251 e. The number of hydrogen-bond acceptors (Lipinski definition) is 3. The number of nitrogens with zero attached hydrogens (tertiary/aromatic N) is 2. The Morgan fingerprint density at radius 1 is 1.21 bits per heavy atom. The van der Waals surface area contributed by atoms with Gasteiger partial charge in [0.15, 0.2) is 0 Å². The van der Waals surface area contributed by atoms with Crippen molar-refractivity contribution >= 4 is 11.8 Å². The normalized spacial score (nSPS) is 16.1. The molecule has 0 spiro atoms. The van der Waals surface area contributed by atoms with Gasteiger partial charge in [-0.2, -0.15) is 0 Å². The molecular weight excluding hydrogens is 357 g/mol. The van der Waals surface area contributed by atoms with Crippen LogP contribution in [0.5, 0.6) is 0 Å². The summed E-state index contributed by atoms with van der Waals surface area (Å²) in [5.41, 5.74) is 0.773. The summed E-state index contributed by atoms with van der Waals surface area (Å²) in [5, 5.41) is 2.94. The third-order valence-electron chi connectivity index (χ3n) is 5.30. The second-order valence-corrected chi connectivity index (χ2v) is 8.99. The Hall–Kier alpha value is -1.95. The fourth-order valence-corrected chi connectivity index (χ4v) is 3.59. The van der Waals surface area contributed by atoms with Crippen LogP contribution in [0, 0.1) is 24.1 Å². The van der Waals surface area contributed by atoms with E-state index in [0.29, 0.717) is 18.0 Å². The molecule has 1 saturated heterocycles. The van der Waals surface area contributed by atoms with Crippen molar-refractivity contribution in [1.82, 2.24) is 15.1 Å². The number of nitrogens with one attached hydrogen (secondary N) is 1. The molecule has 0 radical (unpaired) electrons. The summed E-state index contributed by atoms with van der Waals surface area (Å²) in [6.45, 7) is 11.8. The Labute approximate surface area is 168 Å². The van der Waals surface area contributed by atoms with Gasteiger partial charge >= 0.3 is 0 Å². The maximum Gasteiger partial charge on any atom is 0.251 e. The molecule has 156 valence electrons. The predicted octanol–water partition coefficient (Wildman–Crippen LogP) is 3.08. The number of benzene rings is 1. The monoisotopic (exact) mass is 391 g/mol. The van der Waals surface area contributed by atoms with Crippen molar-refractivity contribution in [2.24, 2.45) is 11.3 Å². The highest BCUT2D eigenvalue weighted by Gasteiger charge is 2.26. The average molecular weight is 392 g/mol. The van der Waals surface area contributed by atoms with Gasteiger partial charge in [0.05, 0.1) is 0 Å². The van der Waals surface area contributed by atoms with Gasteiger partial charge in [-0.25, -0.2) is 4.39 Å². The van der Waals surface area contributed by atoms with Gasteiger partial charge in [-0.1, -0.05) is 20.8 Å². The molecule has 5 nitrogen and oxygen atoms in total. The average Bonchev–Trinajstić information content (AvgIpc) is 2.62. The molecular formula is C22H34FN3O2. The minimum absolute atomic E-state index is 0.165. The van der Waals surface area contributed by atoms with Gasteiger partial charge in [0.1, 0.15) is 5.82 Å². The first kappa shape index (κ1) is 22.3. The molecule has 0 aromatic heterocycles. The van der Waals surface area contributed by atoms with Crippen LogP contribution >= 0.6 is 0 Å². The lowest BCUT2D eigenvalue weighted by atomic mass is 9.95. The van der Waals surface area contributed by atoms with Gasteiger partial charge in [-0.15, -0.1) is 0 Å². The van der Waals surface area contributed by atoms with Crippen molar-refractivity contribution in [2.75, 3.05) is 39.8 Å². The second-order valence-electron chi connectivity index (χ2n) is 8.99. The van der Waals surface area contributed by atoms with Crippen molar-refractivity contribution in [3.8, 4) is 0 Å². The Morgan fingerprint density at radius 2 is 1.86 bits per heavy atom. The van der Waals surface area contributed by atoms with Crippen LogP contribution in [0.3, 0.4) is 0 Å². The topological polar surface area (TPSA) is 52.7 Å². The van der Waals surface area contributed by atoms with Gasteiger partial charge in [-0.05, 0) is 62.5 Å². The molecule has 2 amide bonds. The van der Waals surface area contributed by atoms with E-state index in [4.69, 9.17) is 0 Å². The van der Waals surface area contributed by atoms with Crippen LogP contribution in [0.25, 0.3) is 0 Å². The number of likely N-dealkylation sites (N-methyl/N-ethyl adjacent to an activating group) is 1. The van der Waals surface area contributed by atoms with E-state index < -0.39 is 0 Å². The molecule has 0 bridgehead atoms. The Bertz CT molecular complexity index is 671. The van der Waals surface area contributed by atoms with E-state index in [1.165, 1.54) is 12.1 Å². The molecule has 28 heavy (non-hydrogen) atoms. The molecule has 0 aliphatic carbocycles. The van der Waals surface area contributed by atoms with E-state index in [9.17, 15) is 14.0 Å². The third kappa shape index (κ3) is 6.59. The van der Waals surface area contributed by atoms with Gasteiger partial charge in [0.2, 0.25) is 5.91 Å². The van der Waals surface area contributed by atoms with Gasteiger partial charge in [0.25, 0.3) is 5.91 Å². The Morgan fingerprint density at radius 3 is 2.43 bits per heavy atom. The van der Waals surface area contributed by atoms with E-state index in [0.717, 1.165) is 44.6 Å². The highest BCUT2D eigenvalue weighted by molar-refractivity contribution is 5.94. The van der Waals surface area contributed by atoms with Crippen molar-refractivity contribution in [1.29, 1.82) is 0 Å². The predicted molar refractivity (Wildman–Crippen MR) is 110 cm³/mol. The van der Waals surface area contributed by atoms with E-state index in [1.54, 1.807) is 13.0 Å². The fourth-order valence-electron chi connectivity index (χ4n) is 3.59. The zero-order chi connectivity index (χ0) is 20.9. The number of likely N-dealkylation sites (tertiary alicyclic amines) is 1. The zero-order valence-electron chi connectivity index (χ0n) is 17.8. The van der Waals surface area contributed by atoms with Crippen molar-refractivity contribution in [3.63, 3.8) is 0 Å². The molecule has 1 aliphatic heterocycles. The van der Waals surface area contributed by atoms with Crippen LogP contribution in [0.4, 0.5) is 4.39 Å². The number of aryl methyl sites for hydroxylation is 1. The highest BCUT2D eigenvalue weighted by atomic mass is 19.1. The number of hydrogen-bond donors (Lipinski definition) is 1. The summed E-state index contributed by atoms with van der Waals surface area (Å²) in [5.74, 6) is 0.00203. The number of carbonyl (C=O) groups excluding carboxylic acids is 2. The summed E-state index contributed by atoms with van der Waals surface area (Å²) in [6, 6.07) is 4.40. The molecule has 1 aromatic rings. The summed E-state index contributed by atoms with van der Waals surface area (Å²) in [7, 11) is 1.87. The number of amides is 2. The summed E-state index contributed by atoms with van der Waals surface area (Å²) >= 11 is 0. The minimum atomic E-state index is -0.381. The Balaban J connectivity index is 1.71. The third-order valence-corrected chi connectivity index (χ3v) is 5.30. The maximum absolute atomic E-state index is 13.5. The first-order valence-corrected chi connectivity index (χ1v) is 10.1. The number of piperidine rings is 1. The lowest BCUT2D eigenvalue weighted by Crippen LogP contribution is -2.44. The maximum atomic E-state index is 13.5. The molecule has 1 N–H and O–H groups in total. The van der Waals surface area contributed by atoms with Crippen LogP contribution in [-0.2, 0) is 4.79 Å². The summed E-state index contributed by atoms with van der Waals surface area (Å²) in [6.07, 6.45) is 2.03. The molecule has 0 saturated carbocycles. The van der Waals surface area contributed by atoms with Crippen molar-refractivity contribution in [2.45, 2.75) is 40.5 Å². The van der Waals surface area contributed by atoms with Gasteiger partial charge in [0, 0.05) is 37.7 Å². The van der Waals surface area contributed by atoms with Gasteiger partial charge in [-0.3, -0.25) is 9.59 Å². The van der Waals surface area contributed by atoms with Crippen LogP contribution in [0.2, 0.25) is 0 Å². The first-order valence-electron chi connectivity index (χ1n) is 10.1. The van der Waals surface area contributed by atoms with Crippen molar-refractivity contribution in [3.05, 3.63) is 35.1 Å². The van der Waals surface area contributed by atoms with Crippen LogP contribution in [0.15, 0.2) is 18.2 Å². The van der Waals surface area contributed by atoms with Crippen LogP contribution in [0.1, 0.15) is 49.5 Å². The molecule has 1 aliphatic rings. The van der Waals surface area contributed by atoms with Crippen molar-refractivity contribution < 1.29 is 14.0 Å². The van der Waals surface area contributed by atoms with E-state index in [2.05, 4.69) is 10.2 Å². The lowest BCUT2D eigenvalue weighted by Gasteiger charge is -2.34. The van der Waals surface area contributed by atoms with E-state index in [-0.39, 0.29) is 23.0 Å². The fraction of sp³-hybridized carbons (Fsp3) is 0.636. The second kappa shape index (κ2) is 9.50. The van der Waals surface area contributed by atoms with Crippen LogP contribution < -0.4 is 5.32 Å². The number of halogens is 1. The molecule has 2 rings (SSSR count). The quantitative estimate of drug-likeness (QED) is 0.811. The van der Waals surface area contributed by atoms with E-state index >= 15 is 0 Å².